The summed E-state index contributed by atoms with van der Waals surface area (Å²) in [6.45, 7) is 0.355. The first-order valence-electron chi connectivity index (χ1n) is 8.47. The molecule has 5 nitrogen and oxygen atoms in total. The van der Waals surface area contributed by atoms with Crippen molar-refractivity contribution in [1.82, 2.24) is 15.3 Å². The van der Waals surface area contributed by atoms with Gasteiger partial charge in [0.15, 0.2) is 5.16 Å². The van der Waals surface area contributed by atoms with E-state index in [1.807, 2.05) is 12.1 Å². The number of nitrogens with one attached hydrogen (secondary N) is 2. The summed E-state index contributed by atoms with van der Waals surface area (Å²) >= 11 is 7.04. The van der Waals surface area contributed by atoms with E-state index in [-0.39, 0.29) is 23.7 Å². The third kappa shape index (κ3) is 5.94. The zero-order valence-electron chi connectivity index (χ0n) is 14.7. The van der Waals surface area contributed by atoms with Crippen molar-refractivity contribution < 1.29 is 9.18 Å². The van der Waals surface area contributed by atoms with Gasteiger partial charge in [-0.3, -0.25) is 9.59 Å². The molecule has 1 heterocycles. The fraction of sp³-hybridized carbons (Fsp3) is 0.150. The second-order valence-electron chi connectivity index (χ2n) is 6.00. The number of thioether (sulfide) groups is 1. The minimum Gasteiger partial charge on any atom is -0.352 e. The zero-order valence-corrected chi connectivity index (χ0v) is 16.3. The number of halogens is 2. The van der Waals surface area contributed by atoms with Crippen LogP contribution in [0.3, 0.4) is 0 Å². The molecule has 0 unspecified atom stereocenters. The molecule has 0 bridgehead atoms. The van der Waals surface area contributed by atoms with Crippen molar-refractivity contribution in [2.24, 2.45) is 0 Å². The Morgan fingerprint density at radius 1 is 1.18 bits per heavy atom. The van der Waals surface area contributed by atoms with Crippen LogP contribution in [-0.2, 0) is 23.5 Å². The molecule has 0 spiro atoms. The van der Waals surface area contributed by atoms with Gasteiger partial charge < -0.3 is 10.3 Å². The highest BCUT2D eigenvalue weighted by Gasteiger charge is 2.09. The number of H-pyrrole nitrogens is 1. The Balaban J connectivity index is 1.59. The Morgan fingerprint density at radius 3 is 2.68 bits per heavy atom. The van der Waals surface area contributed by atoms with E-state index >= 15 is 0 Å². The number of hydrogen-bond acceptors (Lipinski definition) is 4. The quantitative estimate of drug-likeness (QED) is 0.454. The van der Waals surface area contributed by atoms with E-state index in [9.17, 15) is 14.0 Å². The number of aromatic nitrogens is 2. The van der Waals surface area contributed by atoms with Gasteiger partial charge in [0, 0.05) is 23.4 Å². The predicted octanol–water partition coefficient (Wildman–Crippen LogP) is 3.71. The number of benzene rings is 2. The molecule has 144 valence electrons. The number of amides is 1. The minimum absolute atomic E-state index is 0.0230. The van der Waals surface area contributed by atoms with Crippen LogP contribution in [0.5, 0.6) is 0 Å². The summed E-state index contributed by atoms with van der Waals surface area (Å²) in [6, 6.07) is 14.9. The maximum absolute atomic E-state index is 13.7. The summed E-state index contributed by atoms with van der Waals surface area (Å²) in [7, 11) is 0. The molecule has 0 aliphatic carbocycles. The van der Waals surface area contributed by atoms with Gasteiger partial charge in [0.05, 0.1) is 12.1 Å². The van der Waals surface area contributed by atoms with Crippen LogP contribution in [0.1, 0.15) is 16.8 Å². The summed E-state index contributed by atoms with van der Waals surface area (Å²) in [5.74, 6) is -0.241. The molecule has 3 rings (SSSR count). The van der Waals surface area contributed by atoms with Crippen LogP contribution < -0.4 is 10.9 Å². The van der Waals surface area contributed by atoms with Crippen molar-refractivity contribution in [2.75, 3.05) is 0 Å². The van der Waals surface area contributed by atoms with E-state index in [4.69, 9.17) is 11.6 Å². The standard InChI is InChI=1S/C20H17ClFN3O2S/c21-15-7-5-13(6-8-15)11-23-18(26)9-16-10-19(27)25-20(24-16)28-12-14-3-1-2-4-17(14)22/h1-8,10H,9,11-12H2,(H,23,26)(H,24,25,27). The Hall–Kier alpha value is -2.64. The third-order valence-electron chi connectivity index (χ3n) is 3.84. The number of carbonyl (C=O) groups is 1. The van der Waals surface area contributed by atoms with Gasteiger partial charge in [-0.2, -0.15) is 0 Å². The lowest BCUT2D eigenvalue weighted by atomic mass is 10.2. The molecule has 2 N–H and O–H groups in total. The molecule has 28 heavy (non-hydrogen) atoms. The Morgan fingerprint density at radius 2 is 1.93 bits per heavy atom. The van der Waals surface area contributed by atoms with Gasteiger partial charge in [0.25, 0.3) is 5.56 Å². The first-order valence-corrected chi connectivity index (χ1v) is 9.83. The highest BCUT2D eigenvalue weighted by molar-refractivity contribution is 7.98. The Labute approximate surface area is 170 Å². The monoisotopic (exact) mass is 417 g/mol. The fourth-order valence-corrected chi connectivity index (χ4v) is 3.44. The van der Waals surface area contributed by atoms with Crippen molar-refractivity contribution in [2.45, 2.75) is 23.9 Å². The molecule has 0 saturated carbocycles. The van der Waals surface area contributed by atoms with Crippen molar-refractivity contribution in [3.05, 3.63) is 92.6 Å². The predicted molar refractivity (Wildman–Crippen MR) is 108 cm³/mol. The van der Waals surface area contributed by atoms with E-state index in [2.05, 4.69) is 15.3 Å². The molecule has 0 aliphatic rings. The van der Waals surface area contributed by atoms with Crippen molar-refractivity contribution in [1.29, 1.82) is 0 Å². The number of nitrogens with zero attached hydrogens (tertiary/aromatic N) is 1. The van der Waals surface area contributed by atoms with Crippen LogP contribution in [0.25, 0.3) is 0 Å². The molecule has 1 aromatic heterocycles. The lowest BCUT2D eigenvalue weighted by molar-refractivity contribution is -0.120. The first kappa shape index (κ1) is 20.1. The molecule has 8 heteroatoms. The van der Waals surface area contributed by atoms with Gasteiger partial charge in [-0.05, 0) is 29.3 Å². The van der Waals surface area contributed by atoms with E-state index in [0.717, 1.165) is 5.56 Å². The van der Waals surface area contributed by atoms with Crippen molar-refractivity contribution >= 4 is 29.3 Å². The minimum atomic E-state index is -0.355. The number of carbonyl (C=O) groups excluding carboxylic acids is 1. The largest absolute Gasteiger partial charge is 0.352 e. The molecule has 3 aromatic rings. The van der Waals surface area contributed by atoms with Crippen LogP contribution in [0.15, 0.2) is 64.5 Å². The van der Waals surface area contributed by atoms with Gasteiger partial charge >= 0.3 is 0 Å². The zero-order chi connectivity index (χ0) is 19.9. The second-order valence-corrected chi connectivity index (χ2v) is 7.40. The summed E-state index contributed by atoms with van der Waals surface area (Å²) in [6.07, 6.45) is -0.0230. The van der Waals surface area contributed by atoms with Crippen LogP contribution in [0.2, 0.25) is 5.02 Å². The fourth-order valence-electron chi connectivity index (χ4n) is 2.43. The molecular weight excluding hydrogens is 401 g/mol. The second kappa shape index (κ2) is 9.52. The van der Waals surface area contributed by atoms with Crippen LogP contribution in [0, 0.1) is 5.82 Å². The SMILES string of the molecule is O=C(Cc1cc(=O)[nH]c(SCc2ccccc2F)n1)NCc1ccc(Cl)cc1. The maximum Gasteiger partial charge on any atom is 0.251 e. The Kier molecular flexibility index (Phi) is 6.84. The van der Waals surface area contributed by atoms with Crippen LogP contribution >= 0.6 is 23.4 Å². The molecular formula is C20H17ClFN3O2S. The van der Waals surface area contributed by atoms with Gasteiger partial charge in [-0.25, -0.2) is 9.37 Å². The molecule has 0 fully saturated rings. The average molecular weight is 418 g/mol. The normalized spacial score (nSPS) is 10.6. The maximum atomic E-state index is 13.7. The van der Waals surface area contributed by atoms with E-state index < -0.39 is 0 Å². The van der Waals surface area contributed by atoms with E-state index in [1.165, 1.54) is 23.9 Å². The van der Waals surface area contributed by atoms with Gasteiger partial charge in [-0.15, -0.1) is 0 Å². The number of rotatable bonds is 7. The number of aromatic amines is 1. The summed E-state index contributed by atoms with van der Waals surface area (Å²) < 4.78 is 13.7. The van der Waals surface area contributed by atoms with Gasteiger partial charge in [0.1, 0.15) is 5.82 Å². The lowest BCUT2D eigenvalue weighted by Gasteiger charge is -2.07. The van der Waals surface area contributed by atoms with Crippen LogP contribution in [-0.4, -0.2) is 15.9 Å². The average Bonchev–Trinajstić information content (AvgIpc) is 2.66. The Bertz CT molecular complexity index is 1020. The summed E-state index contributed by atoms with van der Waals surface area (Å²) in [4.78, 5) is 30.9. The highest BCUT2D eigenvalue weighted by Crippen LogP contribution is 2.20. The van der Waals surface area contributed by atoms with E-state index in [1.54, 1.807) is 30.3 Å². The van der Waals surface area contributed by atoms with Gasteiger partial charge in [-0.1, -0.05) is 53.7 Å². The molecule has 0 radical (unpaired) electrons. The highest BCUT2D eigenvalue weighted by atomic mass is 35.5. The molecule has 1 amide bonds. The van der Waals surface area contributed by atoms with Crippen molar-refractivity contribution in [3.63, 3.8) is 0 Å². The molecule has 2 aromatic carbocycles. The van der Waals surface area contributed by atoms with Crippen LogP contribution in [0.4, 0.5) is 4.39 Å². The third-order valence-corrected chi connectivity index (χ3v) is 5.01. The lowest BCUT2D eigenvalue weighted by Crippen LogP contribution is -2.25. The van der Waals surface area contributed by atoms with Gasteiger partial charge in [0.2, 0.25) is 5.91 Å². The molecule has 0 saturated heterocycles. The molecule has 0 aliphatic heterocycles. The van der Waals surface area contributed by atoms with E-state index in [0.29, 0.717) is 33.7 Å². The topological polar surface area (TPSA) is 74.8 Å². The summed E-state index contributed by atoms with van der Waals surface area (Å²) in [5.41, 5.74) is 1.43. The number of hydrogen-bond donors (Lipinski definition) is 2. The first-order chi connectivity index (χ1) is 13.5. The smallest absolute Gasteiger partial charge is 0.251 e. The molecule has 0 atom stereocenters. The van der Waals surface area contributed by atoms with Crippen molar-refractivity contribution in [3.8, 4) is 0 Å². The summed E-state index contributed by atoms with van der Waals surface area (Å²) in [5, 5.41) is 3.75.